The Morgan fingerprint density at radius 3 is 2.69 bits per heavy atom. The van der Waals surface area contributed by atoms with Crippen molar-refractivity contribution in [3.8, 4) is 0 Å². The zero-order valence-electron chi connectivity index (χ0n) is 10.5. The number of rotatable bonds is 7. The van der Waals surface area contributed by atoms with Crippen LogP contribution < -0.4 is 0 Å². The first-order valence-corrected chi connectivity index (χ1v) is 6.79. The number of likely N-dealkylation sites (N-methyl/N-ethyl adjacent to an activating group) is 1. The molecule has 1 heterocycles. The Balaban J connectivity index is 2.45. The molecular weight excluding hydrogens is 218 g/mol. The van der Waals surface area contributed by atoms with E-state index in [1.807, 2.05) is 13.1 Å². The van der Waals surface area contributed by atoms with Crippen LogP contribution in [0.3, 0.4) is 0 Å². The highest BCUT2D eigenvalue weighted by molar-refractivity contribution is 7.14. The van der Waals surface area contributed by atoms with Crippen LogP contribution in [0.2, 0.25) is 0 Å². The fourth-order valence-corrected chi connectivity index (χ4v) is 2.43. The fraction of sp³-hybridized carbons (Fsp3) is 0.615. The summed E-state index contributed by atoms with van der Waals surface area (Å²) in [6.45, 7) is 5.84. The second-order valence-corrected chi connectivity index (χ2v) is 5.30. The Morgan fingerprint density at radius 2 is 2.12 bits per heavy atom. The molecule has 2 nitrogen and oxygen atoms in total. The molecule has 0 saturated heterocycles. The molecule has 16 heavy (non-hydrogen) atoms. The maximum absolute atomic E-state index is 11.9. The molecule has 0 bridgehead atoms. The molecule has 0 amide bonds. The third-order valence-corrected chi connectivity index (χ3v) is 3.86. The maximum Gasteiger partial charge on any atom is 0.186 e. The average Bonchev–Trinajstić information content (AvgIpc) is 2.74. The number of nitrogens with zero attached hydrogens (tertiary/aromatic N) is 1. The standard InChI is InChI=1S/C13H21NOS/c1-4-6-9-14(3)10-12(15)13-8-7-11(5-2)16-13/h7-8H,4-6,9-10H2,1-3H3. The number of hydrogen-bond donors (Lipinski definition) is 0. The van der Waals surface area contributed by atoms with E-state index in [0.29, 0.717) is 6.54 Å². The van der Waals surface area contributed by atoms with Crippen molar-refractivity contribution < 1.29 is 4.79 Å². The van der Waals surface area contributed by atoms with E-state index < -0.39 is 0 Å². The molecule has 0 atom stereocenters. The van der Waals surface area contributed by atoms with E-state index in [0.717, 1.165) is 24.3 Å². The zero-order valence-corrected chi connectivity index (χ0v) is 11.3. The molecule has 3 heteroatoms. The van der Waals surface area contributed by atoms with Gasteiger partial charge in [-0.1, -0.05) is 20.3 Å². The summed E-state index contributed by atoms with van der Waals surface area (Å²) < 4.78 is 0. The highest BCUT2D eigenvalue weighted by Gasteiger charge is 2.11. The van der Waals surface area contributed by atoms with Gasteiger partial charge in [0.05, 0.1) is 11.4 Å². The van der Waals surface area contributed by atoms with E-state index in [1.54, 1.807) is 11.3 Å². The predicted molar refractivity (Wildman–Crippen MR) is 70.4 cm³/mol. The van der Waals surface area contributed by atoms with Gasteiger partial charge in [0.1, 0.15) is 0 Å². The quantitative estimate of drug-likeness (QED) is 0.681. The third kappa shape index (κ3) is 4.06. The monoisotopic (exact) mass is 239 g/mol. The lowest BCUT2D eigenvalue weighted by atomic mass is 10.2. The van der Waals surface area contributed by atoms with E-state index >= 15 is 0 Å². The summed E-state index contributed by atoms with van der Waals surface area (Å²) in [4.78, 5) is 16.2. The van der Waals surface area contributed by atoms with E-state index in [1.165, 1.54) is 11.3 Å². The number of unbranched alkanes of at least 4 members (excludes halogenated alkanes) is 1. The summed E-state index contributed by atoms with van der Waals surface area (Å²) in [5, 5.41) is 0. The SMILES string of the molecule is CCCCN(C)CC(=O)c1ccc(CC)s1. The Kier molecular flexibility index (Phi) is 5.71. The number of Topliss-reactive ketones (excluding diaryl/α,β-unsaturated/α-hetero) is 1. The van der Waals surface area contributed by atoms with Crippen LogP contribution >= 0.6 is 11.3 Å². The van der Waals surface area contributed by atoms with Gasteiger partial charge in [-0.25, -0.2) is 0 Å². The third-order valence-electron chi connectivity index (χ3n) is 2.59. The Bertz CT molecular complexity index is 332. The van der Waals surface area contributed by atoms with Crippen molar-refractivity contribution in [1.82, 2.24) is 4.90 Å². The first-order valence-electron chi connectivity index (χ1n) is 5.97. The van der Waals surface area contributed by atoms with Crippen molar-refractivity contribution in [2.45, 2.75) is 33.1 Å². The summed E-state index contributed by atoms with van der Waals surface area (Å²) >= 11 is 1.63. The van der Waals surface area contributed by atoms with Crippen LogP contribution in [0.25, 0.3) is 0 Å². The van der Waals surface area contributed by atoms with Crippen LogP contribution in [0.5, 0.6) is 0 Å². The molecule has 0 radical (unpaired) electrons. The number of carbonyl (C=O) groups excluding carboxylic acids is 1. The van der Waals surface area contributed by atoms with Crippen LogP contribution in [-0.2, 0) is 6.42 Å². The van der Waals surface area contributed by atoms with Crippen LogP contribution in [0.1, 0.15) is 41.2 Å². The first-order chi connectivity index (χ1) is 7.67. The minimum absolute atomic E-state index is 0.253. The Labute approximate surface area is 102 Å². The van der Waals surface area contributed by atoms with Gasteiger partial charge in [0.2, 0.25) is 0 Å². The Morgan fingerprint density at radius 1 is 1.38 bits per heavy atom. The van der Waals surface area contributed by atoms with Crippen LogP contribution in [0.15, 0.2) is 12.1 Å². The lowest BCUT2D eigenvalue weighted by Gasteiger charge is -2.14. The van der Waals surface area contributed by atoms with Gasteiger partial charge in [0.25, 0.3) is 0 Å². The highest BCUT2D eigenvalue weighted by Crippen LogP contribution is 2.17. The normalized spacial score (nSPS) is 11.0. The van der Waals surface area contributed by atoms with Gasteiger partial charge in [-0.15, -0.1) is 11.3 Å². The van der Waals surface area contributed by atoms with Crippen molar-refractivity contribution in [1.29, 1.82) is 0 Å². The molecular formula is C13H21NOS. The maximum atomic E-state index is 11.9. The van der Waals surface area contributed by atoms with E-state index in [-0.39, 0.29) is 5.78 Å². The van der Waals surface area contributed by atoms with Crippen LogP contribution in [0.4, 0.5) is 0 Å². The number of aryl methyl sites for hydroxylation is 1. The summed E-state index contributed by atoms with van der Waals surface area (Å²) in [5.74, 6) is 0.253. The number of carbonyl (C=O) groups is 1. The van der Waals surface area contributed by atoms with Crippen molar-refractivity contribution in [2.75, 3.05) is 20.1 Å². The molecule has 1 rings (SSSR count). The number of ketones is 1. The van der Waals surface area contributed by atoms with E-state index in [4.69, 9.17) is 0 Å². The lowest BCUT2D eigenvalue weighted by Crippen LogP contribution is -2.26. The van der Waals surface area contributed by atoms with Gasteiger partial charge in [0.15, 0.2) is 5.78 Å². The topological polar surface area (TPSA) is 20.3 Å². The molecule has 0 fully saturated rings. The van der Waals surface area contributed by atoms with E-state index in [9.17, 15) is 4.79 Å². The molecule has 0 saturated carbocycles. The molecule has 0 aliphatic rings. The van der Waals surface area contributed by atoms with Gasteiger partial charge in [-0.2, -0.15) is 0 Å². The van der Waals surface area contributed by atoms with Crippen molar-refractivity contribution in [3.63, 3.8) is 0 Å². The molecule has 0 aromatic carbocycles. The molecule has 0 unspecified atom stereocenters. The smallest absolute Gasteiger partial charge is 0.186 e. The summed E-state index contributed by atoms with van der Waals surface area (Å²) in [5.41, 5.74) is 0. The van der Waals surface area contributed by atoms with Crippen molar-refractivity contribution in [2.24, 2.45) is 0 Å². The summed E-state index contributed by atoms with van der Waals surface area (Å²) in [6.07, 6.45) is 3.36. The molecule has 0 spiro atoms. The number of thiophene rings is 1. The molecule has 1 aromatic rings. The largest absolute Gasteiger partial charge is 0.299 e. The van der Waals surface area contributed by atoms with Crippen LogP contribution in [0, 0.1) is 0 Å². The zero-order chi connectivity index (χ0) is 12.0. The molecule has 0 N–H and O–H groups in total. The highest BCUT2D eigenvalue weighted by atomic mass is 32.1. The summed E-state index contributed by atoms with van der Waals surface area (Å²) in [6, 6.07) is 4.02. The second kappa shape index (κ2) is 6.81. The predicted octanol–water partition coefficient (Wildman–Crippen LogP) is 3.23. The van der Waals surface area contributed by atoms with Crippen molar-refractivity contribution in [3.05, 3.63) is 21.9 Å². The fourth-order valence-electron chi connectivity index (χ4n) is 1.55. The van der Waals surface area contributed by atoms with Gasteiger partial charge in [0, 0.05) is 4.88 Å². The van der Waals surface area contributed by atoms with Gasteiger partial charge in [-0.3, -0.25) is 9.69 Å². The molecule has 90 valence electrons. The molecule has 1 aromatic heterocycles. The van der Waals surface area contributed by atoms with Gasteiger partial charge in [-0.05, 0) is 38.6 Å². The minimum Gasteiger partial charge on any atom is -0.299 e. The van der Waals surface area contributed by atoms with Gasteiger partial charge >= 0.3 is 0 Å². The summed E-state index contributed by atoms with van der Waals surface area (Å²) in [7, 11) is 2.02. The average molecular weight is 239 g/mol. The molecule has 0 aliphatic carbocycles. The van der Waals surface area contributed by atoms with Crippen molar-refractivity contribution >= 4 is 17.1 Å². The Hall–Kier alpha value is -0.670. The first kappa shape index (κ1) is 13.4. The molecule has 0 aliphatic heterocycles. The number of hydrogen-bond acceptors (Lipinski definition) is 3. The van der Waals surface area contributed by atoms with Crippen LogP contribution in [-0.4, -0.2) is 30.8 Å². The minimum atomic E-state index is 0.253. The van der Waals surface area contributed by atoms with Gasteiger partial charge < -0.3 is 0 Å². The lowest BCUT2D eigenvalue weighted by molar-refractivity contribution is 0.0949. The second-order valence-electron chi connectivity index (χ2n) is 4.13. The van der Waals surface area contributed by atoms with E-state index in [2.05, 4.69) is 24.8 Å².